The minimum absolute atomic E-state index is 0.112. The number of hydrogen-bond donors (Lipinski definition) is 2. The molecule has 1 aromatic heterocycles. The number of anilines is 3. The maximum atomic E-state index is 13.9. The summed E-state index contributed by atoms with van der Waals surface area (Å²) in [7, 11) is 0. The molecule has 18 heteroatoms. The first-order valence-electron chi connectivity index (χ1n) is 10.3. The molecule has 1 saturated heterocycles. The number of amides is 3. The lowest BCUT2D eigenvalue weighted by molar-refractivity contribution is -0.276. The number of aromatic nitrogens is 2. The number of nitrogen functional groups attached to an aromatic ring is 1. The summed E-state index contributed by atoms with van der Waals surface area (Å²) in [5, 5.41) is 2.62. The van der Waals surface area contributed by atoms with E-state index < -0.39 is 65.7 Å². The van der Waals surface area contributed by atoms with Crippen molar-refractivity contribution >= 4 is 29.6 Å². The fourth-order valence-corrected chi connectivity index (χ4v) is 3.16. The SMILES string of the molecule is CC1(C)CN(c2ncc(OC(=O)N(CC(F)(F)C(F)(F)F)c3cccc(OC(F)(F)F)c3)c(N)n2)C(=O)N1. The van der Waals surface area contributed by atoms with Gasteiger partial charge in [-0.25, -0.2) is 14.6 Å². The van der Waals surface area contributed by atoms with Crippen LogP contribution in [0.15, 0.2) is 30.5 Å². The molecule has 0 spiro atoms. The van der Waals surface area contributed by atoms with Crippen LogP contribution in [0.25, 0.3) is 0 Å². The van der Waals surface area contributed by atoms with Gasteiger partial charge in [-0.3, -0.25) is 9.80 Å². The molecule has 0 saturated carbocycles. The largest absolute Gasteiger partial charge is 0.573 e. The number of ether oxygens (including phenoxy) is 2. The Hall–Kier alpha value is -4.12. The van der Waals surface area contributed by atoms with Crippen LogP contribution in [0.5, 0.6) is 11.5 Å². The molecule has 3 N–H and O–H groups in total. The normalized spacial score (nSPS) is 15.7. The fourth-order valence-electron chi connectivity index (χ4n) is 3.16. The number of nitrogens with zero attached hydrogens (tertiary/aromatic N) is 4. The van der Waals surface area contributed by atoms with Gasteiger partial charge < -0.3 is 20.5 Å². The number of rotatable bonds is 6. The Balaban J connectivity index is 1.91. The van der Waals surface area contributed by atoms with E-state index in [1.807, 2.05) is 0 Å². The number of carbonyl (C=O) groups excluding carboxylic acids is 2. The smallest absolute Gasteiger partial charge is 0.406 e. The summed E-state index contributed by atoms with van der Waals surface area (Å²) in [6.45, 7) is 1.14. The molecule has 0 aliphatic carbocycles. The molecule has 0 radical (unpaired) electrons. The highest BCUT2D eigenvalue weighted by molar-refractivity contribution is 5.94. The maximum absolute atomic E-state index is 13.9. The van der Waals surface area contributed by atoms with Gasteiger partial charge in [-0.15, -0.1) is 13.2 Å². The molecule has 0 bridgehead atoms. The highest BCUT2D eigenvalue weighted by Gasteiger charge is 2.59. The van der Waals surface area contributed by atoms with Crippen LogP contribution < -0.4 is 30.3 Å². The van der Waals surface area contributed by atoms with E-state index in [0.717, 1.165) is 29.3 Å². The highest BCUT2D eigenvalue weighted by Crippen LogP contribution is 2.38. The van der Waals surface area contributed by atoms with E-state index in [0.29, 0.717) is 6.07 Å². The van der Waals surface area contributed by atoms with Crippen molar-refractivity contribution in [2.75, 3.05) is 28.6 Å². The van der Waals surface area contributed by atoms with Crippen LogP contribution >= 0.6 is 0 Å². The number of halogens is 8. The van der Waals surface area contributed by atoms with Gasteiger partial charge in [-0.2, -0.15) is 26.9 Å². The molecular formula is C20H18F8N6O4. The first kappa shape index (κ1) is 28.5. The third-order valence-corrected chi connectivity index (χ3v) is 4.81. The van der Waals surface area contributed by atoms with E-state index in [-0.39, 0.29) is 17.4 Å². The summed E-state index contributed by atoms with van der Waals surface area (Å²) in [4.78, 5) is 33.2. The quantitative estimate of drug-likeness (QED) is 0.502. The van der Waals surface area contributed by atoms with Gasteiger partial charge in [0, 0.05) is 6.07 Å². The van der Waals surface area contributed by atoms with Crippen molar-refractivity contribution in [2.24, 2.45) is 0 Å². The lowest BCUT2D eigenvalue weighted by Gasteiger charge is -2.28. The number of urea groups is 1. The number of carbonyl (C=O) groups is 2. The van der Waals surface area contributed by atoms with E-state index in [2.05, 4.69) is 20.0 Å². The second-order valence-corrected chi connectivity index (χ2v) is 8.52. The Morgan fingerprint density at radius 2 is 1.84 bits per heavy atom. The molecule has 3 amide bonds. The number of hydrogen-bond acceptors (Lipinski definition) is 7. The predicted octanol–water partition coefficient (Wildman–Crippen LogP) is 4.47. The molecule has 1 aliphatic heterocycles. The van der Waals surface area contributed by atoms with Gasteiger partial charge in [0.2, 0.25) is 5.95 Å². The molecule has 10 nitrogen and oxygen atoms in total. The molecule has 208 valence electrons. The Kier molecular flexibility index (Phi) is 7.22. The Bertz CT molecular complexity index is 1220. The van der Waals surface area contributed by atoms with Crippen molar-refractivity contribution in [3.63, 3.8) is 0 Å². The van der Waals surface area contributed by atoms with E-state index >= 15 is 0 Å². The first-order chi connectivity index (χ1) is 17.3. The molecule has 0 unspecified atom stereocenters. The van der Waals surface area contributed by atoms with E-state index in [1.54, 1.807) is 13.8 Å². The van der Waals surface area contributed by atoms with Crippen molar-refractivity contribution in [3.05, 3.63) is 30.5 Å². The van der Waals surface area contributed by atoms with Gasteiger partial charge in [0.05, 0.1) is 24.0 Å². The average Bonchev–Trinajstić information content (AvgIpc) is 3.03. The third-order valence-electron chi connectivity index (χ3n) is 4.81. The Morgan fingerprint density at radius 1 is 1.18 bits per heavy atom. The van der Waals surface area contributed by atoms with Crippen molar-refractivity contribution in [1.29, 1.82) is 0 Å². The van der Waals surface area contributed by atoms with Gasteiger partial charge in [0.15, 0.2) is 11.6 Å². The minimum Gasteiger partial charge on any atom is -0.406 e. The first-order valence-corrected chi connectivity index (χ1v) is 10.3. The zero-order chi connectivity index (χ0) is 28.7. The van der Waals surface area contributed by atoms with Crippen LogP contribution in [0.4, 0.5) is 62.2 Å². The molecule has 2 aromatic rings. The van der Waals surface area contributed by atoms with Gasteiger partial charge in [-0.1, -0.05) is 6.07 Å². The maximum Gasteiger partial charge on any atom is 0.573 e. The van der Waals surface area contributed by atoms with Crippen molar-refractivity contribution < 1.29 is 54.2 Å². The molecule has 1 aromatic carbocycles. The zero-order valence-corrected chi connectivity index (χ0v) is 19.3. The highest BCUT2D eigenvalue weighted by atomic mass is 19.4. The summed E-state index contributed by atoms with van der Waals surface area (Å²) < 4.78 is 112. The molecule has 3 rings (SSSR count). The standard InChI is InChI=1S/C20H18F8N6O4/c1-17(2)8-34(15(35)32-17)14-30-7-12(13(29)31-14)37-16(36)33(9-18(21,22)19(23,24)25)10-4-3-5-11(6-10)38-20(26,27)28/h3-7H,8-9H2,1-2H3,(H,32,35)(H2,29,30,31). The predicted molar refractivity (Wildman–Crippen MR) is 114 cm³/mol. The second kappa shape index (κ2) is 9.64. The van der Waals surface area contributed by atoms with Crippen LogP contribution in [0, 0.1) is 0 Å². The minimum atomic E-state index is -6.13. The molecule has 38 heavy (non-hydrogen) atoms. The second-order valence-electron chi connectivity index (χ2n) is 8.52. The van der Waals surface area contributed by atoms with E-state index in [4.69, 9.17) is 10.5 Å². The fraction of sp³-hybridized carbons (Fsp3) is 0.400. The van der Waals surface area contributed by atoms with Crippen LogP contribution in [0.3, 0.4) is 0 Å². The van der Waals surface area contributed by atoms with Gasteiger partial charge in [-0.05, 0) is 26.0 Å². The van der Waals surface area contributed by atoms with E-state index in [1.165, 1.54) is 0 Å². The average molecular weight is 558 g/mol. The Labute approximate surface area is 208 Å². The third kappa shape index (κ3) is 6.60. The molecule has 1 fully saturated rings. The number of benzene rings is 1. The number of alkyl halides is 8. The van der Waals surface area contributed by atoms with Crippen LogP contribution in [0.2, 0.25) is 0 Å². The van der Waals surface area contributed by atoms with Gasteiger partial charge >= 0.3 is 30.6 Å². The molecular weight excluding hydrogens is 540 g/mol. The van der Waals surface area contributed by atoms with Crippen molar-refractivity contribution in [2.45, 2.75) is 37.8 Å². The van der Waals surface area contributed by atoms with E-state index in [9.17, 15) is 44.7 Å². The summed E-state index contributed by atoms with van der Waals surface area (Å²) in [5.74, 6) is -8.04. The number of nitrogens with two attached hydrogens (primary N) is 1. The summed E-state index contributed by atoms with van der Waals surface area (Å²) >= 11 is 0. The summed E-state index contributed by atoms with van der Waals surface area (Å²) in [5.41, 5.74) is 4.19. The Morgan fingerprint density at radius 3 is 2.37 bits per heavy atom. The topological polar surface area (TPSA) is 123 Å². The molecule has 1 aliphatic rings. The van der Waals surface area contributed by atoms with Crippen molar-refractivity contribution in [1.82, 2.24) is 15.3 Å². The lowest BCUT2D eigenvalue weighted by atomic mass is 10.1. The number of nitrogens with one attached hydrogen (secondary N) is 1. The molecule has 2 heterocycles. The van der Waals surface area contributed by atoms with Crippen LogP contribution in [-0.2, 0) is 0 Å². The van der Waals surface area contributed by atoms with Crippen molar-refractivity contribution in [3.8, 4) is 11.5 Å². The van der Waals surface area contributed by atoms with Gasteiger partial charge in [0.1, 0.15) is 12.3 Å². The monoisotopic (exact) mass is 558 g/mol. The van der Waals surface area contributed by atoms with Crippen LogP contribution in [-0.4, -0.2) is 59.2 Å². The summed E-state index contributed by atoms with van der Waals surface area (Å²) in [6, 6.07) is 2.13. The molecule has 0 atom stereocenters. The lowest BCUT2D eigenvalue weighted by Crippen LogP contribution is -2.50. The van der Waals surface area contributed by atoms with Gasteiger partial charge in [0.25, 0.3) is 0 Å². The summed E-state index contributed by atoms with van der Waals surface area (Å²) in [6.07, 6.45) is -12.5. The van der Waals surface area contributed by atoms with Crippen LogP contribution in [0.1, 0.15) is 13.8 Å². The zero-order valence-electron chi connectivity index (χ0n) is 19.3.